The predicted octanol–water partition coefficient (Wildman–Crippen LogP) is 4.46. The Bertz CT molecular complexity index is 570. The molecule has 0 saturated heterocycles. The Morgan fingerprint density at radius 2 is 1.83 bits per heavy atom. The van der Waals surface area contributed by atoms with Crippen LogP contribution in [0.1, 0.15) is 11.1 Å². The summed E-state index contributed by atoms with van der Waals surface area (Å²) in [6.07, 6.45) is 0. The van der Waals surface area contributed by atoms with Gasteiger partial charge in [0.15, 0.2) is 0 Å². The van der Waals surface area contributed by atoms with E-state index in [4.69, 9.17) is 33.7 Å². The second-order valence-electron chi connectivity index (χ2n) is 4.08. The van der Waals surface area contributed by atoms with Gasteiger partial charge in [-0.05, 0) is 42.3 Å². The summed E-state index contributed by atoms with van der Waals surface area (Å²) in [6.45, 7) is 2.39. The lowest BCUT2D eigenvalue weighted by atomic mass is 10.2. The van der Waals surface area contributed by atoms with Gasteiger partial charge in [0.1, 0.15) is 12.4 Å². The van der Waals surface area contributed by atoms with E-state index in [0.29, 0.717) is 28.1 Å². The molecule has 0 aliphatic rings. The van der Waals surface area contributed by atoms with Gasteiger partial charge in [-0.25, -0.2) is 0 Å². The molecule has 2 aromatic rings. The minimum atomic E-state index is 0.407. The fourth-order valence-corrected chi connectivity index (χ4v) is 1.91. The lowest BCUT2D eigenvalue weighted by molar-refractivity contribution is 0.308. The van der Waals surface area contributed by atoms with Crippen LogP contribution in [0.3, 0.4) is 0 Å². The number of anilines is 1. The van der Waals surface area contributed by atoms with E-state index in [-0.39, 0.29) is 0 Å². The van der Waals surface area contributed by atoms with Gasteiger partial charge in [0, 0.05) is 0 Å². The summed E-state index contributed by atoms with van der Waals surface area (Å²) in [5.74, 6) is 0.673. The van der Waals surface area contributed by atoms with Crippen molar-refractivity contribution in [1.29, 1.82) is 0 Å². The Kier molecular flexibility index (Phi) is 4.00. The monoisotopic (exact) mass is 281 g/mol. The highest BCUT2D eigenvalue weighted by atomic mass is 35.5. The van der Waals surface area contributed by atoms with E-state index in [2.05, 4.69) is 0 Å². The van der Waals surface area contributed by atoms with Crippen molar-refractivity contribution in [2.24, 2.45) is 0 Å². The van der Waals surface area contributed by atoms with E-state index in [0.717, 1.165) is 11.1 Å². The fourth-order valence-electron chi connectivity index (χ4n) is 1.59. The van der Waals surface area contributed by atoms with Crippen molar-refractivity contribution in [2.45, 2.75) is 13.5 Å². The summed E-state index contributed by atoms with van der Waals surface area (Å²) in [6, 6.07) is 11.1. The Balaban J connectivity index is 2.09. The quantitative estimate of drug-likeness (QED) is 0.843. The van der Waals surface area contributed by atoms with Crippen molar-refractivity contribution in [3.05, 3.63) is 57.6 Å². The number of halogens is 2. The molecule has 0 heterocycles. The first kappa shape index (κ1) is 13.1. The van der Waals surface area contributed by atoms with Crippen LogP contribution < -0.4 is 10.5 Å². The van der Waals surface area contributed by atoms with Crippen LogP contribution in [0.2, 0.25) is 10.0 Å². The van der Waals surface area contributed by atoms with E-state index in [9.17, 15) is 0 Å². The molecule has 2 aromatic carbocycles. The molecule has 0 aromatic heterocycles. The Labute approximate surface area is 116 Å². The molecule has 2 rings (SSSR count). The molecule has 0 fully saturated rings. The van der Waals surface area contributed by atoms with Crippen molar-refractivity contribution >= 4 is 28.9 Å². The van der Waals surface area contributed by atoms with Gasteiger partial charge in [0.2, 0.25) is 0 Å². The van der Waals surface area contributed by atoms with Crippen LogP contribution in [0.5, 0.6) is 5.75 Å². The van der Waals surface area contributed by atoms with Crippen molar-refractivity contribution in [2.75, 3.05) is 5.73 Å². The van der Waals surface area contributed by atoms with Gasteiger partial charge in [-0.15, -0.1) is 0 Å². The molecule has 0 atom stereocenters. The minimum Gasteiger partial charge on any atom is -0.487 e. The van der Waals surface area contributed by atoms with E-state index >= 15 is 0 Å². The summed E-state index contributed by atoms with van der Waals surface area (Å²) >= 11 is 11.8. The molecular weight excluding hydrogens is 269 g/mol. The zero-order chi connectivity index (χ0) is 13.1. The predicted molar refractivity (Wildman–Crippen MR) is 76.4 cm³/mol. The summed E-state index contributed by atoms with van der Waals surface area (Å²) in [7, 11) is 0. The largest absolute Gasteiger partial charge is 0.487 e. The van der Waals surface area contributed by atoms with E-state index in [1.807, 2.05) is 31.2 Å². The molecule has 2 N–H and O–H groups in total. The third-order valence-corrected chi connectivity index (χ3v) is 3.28. The van der Waals surface area contributed by atoms with Gasteiger partial charge in [-0.3, -0.25) is 0 Å². The first-order valence-electron chi connectivity index (χ1n) is 5.49. The molecule has 0 spiro atoms. The SMILES string of the molecule is Cc1ccc(OCc2ccc(Cl)c(Cl)c2)c(N)c1. The van der Waals surface area contributed by atoms with Crippen LogP contribution in [-0.4, -0.2) is 0 Å². The molecule has 0 aliphatic carbocycles. The summed E-state index contributed by atoms with van der Waals surface area (Å²) < 4.78 is 5.65. The van der Waals surface area contributed by atoms with Gasteiger partial charge in [-0.1, -0.05) is 35.3 Å². The Morgan fingerprint density at radius 1 is 1.06 bits per heavy atom. The van der Waals surface area contributed by atoms with Crippen LogP contribution in [-0.2, 0) is 6.61 Å². The number of rotatable bonds is 3. The van der Waals surface area contributed by atoms with Crippen LogP contribution in [0.25, 0.3) is 0 Å². The van der Waals surface area contributed by atoms with Crippen molar-refractivity contribution in [1.82, 2.24) is 0 Å². The van der Waals surface area contributed by atoms with Gasteiger partial charge >= 0.3 is 0 Å². The number of hydrogen-bond acceptors (Lipinski definition) is 2. The van der Waals surface area contributed by atoms with Crippen molar-refractivity contribution in [3.63, 3.8) is 0 Å². The molecule has 94 valence electrons. The van der Waals surface area contributed by atoms with Gasteiger partial charge in [0.05, 0.1) is 15.7 Å². The molecule has 0 saturated carbocycles. The molecule has 2 nitrogen and oxygen atoms in total. The first-order valence-corrected chi connectivity index (χ1v) is 6.24. The molecule has 0 amide bonds. The fraction of sp³-hybridized carbons (Fsp3) is 0.143. The number of benzene rings is 2. The highest BCUT2D eigenvalue weighted by Gasteiger charge is 2.03. The Morgan fingerprint density at radius 3 is 2.50 bits per heavy atom. The van der Waals surface area contributed by atoms with Gasteiger partial charge in [0.25, 0.3) is 0 Å². The maximum absolute atomic E-state index is 5.94. The molecule has 4 heteroatoms. The number of nitrogens with two attached hydrogens (primary N) is 1. The van der Waals surface area contributed by atoms with Crippen LogP contribution >= 0.6 is 23.2 Å². The molecule has 0 bridgehead atoms. The van der Waals surface area contributed by atoms with Crippen LogP contribution in [0.15, 0.2) is 36.4 Å². The average molecular weight is 282 g/mol. The minimum absolute atomic E-state index is 0.407. The standard InChI is InChI=1S/C14H13Cl2NO/c1-9-2-5-14(13(17)6-9)18-8-10-3-4-11(15)12(16)7-10/h2-7H,8,17H2,1H3. The highest BCUT2D eigenvalue weighted by Crippen LogP contribution is 2.25. The molecule has 0 unspecified atom stereocenters. The average Bonchev–Trinajstić information content (AvgIpc) is 2.32. The lowest BCUT2D eigenvalue weighted by Gasteiger charge is -2.10. The first-order chi connectivity index (χ1) is 8.56. The second-order valence-corrected chi connectivity index (χ2v) is 4.89. The number of nitrogen functional groups attached to an aromatic ring is 1. The maximum atomic E-state index is 5.94. The number of hydrogen-bond donors (Lipinski definition) is 1. The summed E-state index contributed by atoms with van der Waals surface area (Å²) in [5, 5.41) is 1.06. The number of aryl methyl sites for hydroxylation is 1. The van der Waals surface area contributed by atoms with Gasteiger partial charge in [-0.2, -0.15) is 0 Å². The second kappa shape index (κ2) is 5.51. The van der Waals surface area contributed by atoms with E-state index in [1.54, 1.807) is 12.1 Å². The van der Waals surface area contributed by atoms with E-state index < -0.39 is 0 Å². The lowest BCUT2D eigenvalue weighted by Crippen LogP contribution is -1.99. The van der Waals surface area contributed by atoms with Crippen LogP contribution in [0, 0.1) is 6.92 Å². The van der Waals surface area contributed by atoms with Crippen LogP contribution in [0.4, 0.5) is 5.69 Å². The summed E-state index contributed by atoms with van der Waals surface area (Å²) in [5.41, 5.74) is 8.56. The van der Waals surface area contributed by atoms with Crippen molar-refractivity contribution in [3.8, 4) is 5.75 Å². The number of ether oxygens (including phenoxy) is 1. The third kappa shape index (κ3) is 3.09. The highest BCUT2D eigenvalue weighted by molar-refractivity contribution is 6.42. The van der Waals surface area contributed by atoms with E-state index in [1.165, 1.54) is 0 Å². The van der Waals surface area contributed by atoms with Crippen molar-refractivity contribution < 1.29 is 4.74 Å². The third-order valence-electron chi connectivity index (χ3n) is 2.54. The topological polar surface area (TPSA) is 35.2 Å². The zero-order valence-corrected chi connectivity index (χ0v) is 11.4. The maximum Gasteiger partial charge on any atom is 0.142 e. The molecular formula is C14H13Cl2NO. The molecule has 18 heavy (non-hydrogen) atoms. The summed E-state index contributed by atoms with van der Waals surface area (Å²) in [4.78, 5) is 0. The molecule has 0 radical (unpaired) electrons. The Hall–Kier alpha value is -1.38. The normalized spacial score (nSPS) is 10.4. The molecule has 0 aliphatic heterocycles. The zero-order valence-electron chi connectivity index (χ0n) is 9.91. The smallest absolute Gasteiger partial charge is 0.142 e. The van der Waals surface area contributed by atoms with Gasteiger partial charge < -0.3 is 10.5 Å².